The molecule has 0 saturated heterocycles. The molecular weight excluding hydrogens is 190 g/mol. The van der Waals surface area contributed by atoms with Crippen molar-refractivity contribution >= 4 is 0 Å². The molecule has 0 fully saturated rings. The van der Waals surface area contributed by atoms with E-state index in [-0.39, 0.29) is 32.7 Å². The summed E-state index contributed by atoms with van der Waals surface area (Å²) in [6.45, 7) is 0.921. The number of nitroso groups, excluding NO2 is 1. The van der Waals surface area contributed by atoms with Crippen LogP contribution in [-0.4, -0.2) is 51.5 Å². The van der Waals surface area contributed by atoms with Crippen LogP contribution in [0.4, 0.5) is 0 Å². The molecule has 1 unspecified atom stereocenters. The standard InChI is InChI=1S/C8H17NO5/c1-12-6-8(2-4-10)14-7-13-5-3-9-11/h8,10H,2-7H2,1H3. The maximum atomic E-state index is 9.68. The molecule has 0 spiro atoms. The van der Waals surface area contributed by atoms with Crippen LogP contribution in [0.1, 0.15) is 6.42 Å². The Balaban J connectivity index is 3.34. The minimum absolute atomic E-state index is 0.0456. The summed E-state index contributed by atoms with van der Waals surface area (Å²) in [7, 11) is 1.56. The van der Waals surface area contributed by atoms with E-state index >= 15 is 0 Å². The fraction of sp³-hybridized carbons (Fsp3) is 1.00. The summed E-state index contributed by atoms with van der Waals surface area (Å²) in [5, 5.41) is 11.3. The van der Waals surface area contributed by atoms with Gasteiger partial charge in [-0.05, 0) is 6.42 Å². The van der Waals surface area contributed by atoms with Crippen molar-refractivity contribution < 1.29 is 19.3 Å². The Labute approximate surface area is 83.1 Å². The number of rotatable bonds is 10. The summed E-state index contributed by atoms with van der Waals surface area (Å²) in [5.41, 5.74) is 0. The molecule has 0 aliphatic carbocycles. The predicted octanol–water partition coefficient (Wildman–Crippen LogP) is 0.141. The van der Waals surface area contributed by atoms with Gasteiger partial charge in [0.1, 0.15) is 13.3 Å². The molecule has 0 heterocycles. The lowest BCUT2D eigenvalue weighted by Crippen LogP contribution is -2.22. The number of methoxy groups -OCH3 is 1. The van der Waals surface area contributed by atoms with Crippen molar-refractivity contribution in [2.45, 2.75) is 12.5 Å². The molecule has 0 aromatic heterocycles. The number of ether oxygens (including phenoxy) is 3. The Kier molecular flexibility index (Phi) is 10.1. The third kappa shape index (κ3) is 8.06. The summed E-state index contributed by atoms with van der Waals surface area (Å²) in [6, 6.07) is 0. The van der Waals surface area contributed by atoms with Crippen LogP contribution in [0.5, 0.6) is 0 Å². The van der Waals surface area contributed by atoms with Crippen LogP contribution < -0.4 is 0 Å². The second kappa shape index (κ2) is 10.5. The van der Waals surface area contributed by atoms with Gasteiger partial charge in [0.2, 0.25) is 0 Å². The van der Waals surface area contributed by atoms with E-state index in [1.54, 1.807) is 7.11 Å². The van der Waals surface area contributed by atoms with E-state index in [9.17, 15) is 4.91 Å². The Hall–Kier alpha value is -0.560. The number of aliphatic hydroxyl groups excluding tert-OH is 1. The molecule has 0 aliphatic heterocycles. The van der Waals surface area contributed by atoms with Crippen LogP contribution in [0.3, 0.4) is 0 Å². The summed E-state index contributed by atoms with van der Waals surface area (Å²) < 4.78 is 15.0. The second-order valence-corrected chi connectivity index (χ2v) is 2.64. The number of hydrogen-bond acceptors (Lipinski definition) is 6. The normalized spacial score (nSPS) is 12.7. The highest BCUT2D eigenvalue weighted by Crippen LogP contribution is 1.98. The zero-order valence-electron chi connectivity index (χ0n) is 8.35. The molecule has 0 rings (SSSR count). The van der Waals surface area contributed by atoms with Gasteiger partial charge < -0.3 is 19.3 Å². The van der Waals surface area contributed by atoms with Crippen LogP contribution in [0.25, 0.3) is 0 Å². The van der Waals surface area contributed by atoms with Crippen molar-refractivity contribution in [2.24, 2.45) is 5.18 Å². The molecule has 0 bridgehead atoms. The van der Waals surface area contributed by atoms with E-state index < -0.39 is 0 Å². The molecule has 1 atom stereocenters. The maximum Gasteiger partial charge on any atom is 0.147 e. The number of nitrogens with zero attached hydrogens (tertiary/aromatic N) is 1. The Morgan fingerprint density at radius 3 is 2.86 bits per heavy atom. The average molecular weight is 207 g/mol. The van der Waals surface area contributed by atoms with Crippen LogP contribution in [0.15, 0.2) is 5.18 Å². The fourth-order valence-corrected chi connectivity index (χ4v) is 0.850. The van der Waals surface area contributed by atoms with Gasteiger partial charge in [-0.2, -0.15) is 4.91 Å². The molecule has 84 valence electrons. The van der Waals surface area contributed by atoms with Gasteiger partial charge in [-0.25, -0.2) is 0 Å². The molecule has 0 aliphatic rings. The van der Waals surface area contributed by atoms with Crippen LogP contribution in [0.2, 0.25) is 0 Å². The molecule has 0 saturated carbocycles. The van der Waals surface area contributed by atoms with Crippen molar-refractivity contribution in [3.05, 3.63) is 4.91 Å². The van der Waals surface area contributed by atoms with Gasteiger partial charge in [-0.3, -0.25) is 0 Å². The topological polar surface area (TPSA) is 77.3 Å². The third-order valence-corrected chi connectivity index (χ3v) is 1.52. The second-order valence-electron chi connectivity index (χ2n) is 2.64. The molecule has 0 amide bonds. The van der Waals surface area contributed by atoms with E-state index in [1.165, 1.54) is 0 Å². The van der Waals surface area contributed by atoms with Crippen molar-refractivity contribution in [3.8, 4) is 0 Å². The minimum Gasteiger partial charge on any atom is -0.396 e. The first-order valence-corrected chi connectivity index (χ1v) is 4.43. The highest BCUT2D eigenvalue weighted by Gasteiger charge is 2.07. The van der Waals surface area contributed by atoms with E-state index in [2.05, 4.69) is 5.18 Å². The van der Waals surface area contributed by atoms with E-state index in [1.807, 2.05) is 0 Å². The molecule has 1 N–H and O–H groups in total. The Morgan fingerprint density at radius 2 is 2.29 bits per heavy atom. The summed E-state index contributed by atoms with van der Waals surface area (Å²) in [6.07, 6.45) is 0.331. The van der Waals surface area contributed by atoms with Gasteiger partial charge >= 0.3 is 0 Å². The van der Waals surface area contributed by atoms with Gasteiger partial charge in [0, 0.05) is 13.7 Å². The van der Waals surface area contributed by atoms with E-state index in [4.69, 9.17) is 19.3 Å². The third-order valence-electron chi connectivity index (χ3n) is 1.52. The number of hydrogen-bond donors (Lipinski definition) is 1. The van der Waals surface area contributed by atoms with Gasteiger partial charge in [-0.1, -0.05) is 5.18 Å². The van der Waals surface area contributed by atoms with Crippen molar-refractivity contribution in [1.82, 2.24) is 0 Å². The van der Waals surface area contributed by atoms with Gasteiger partial charge in [0.25, 0.3) is 0 Å². The van der Waals surface area contributed by atoms with Gasteiger partial charge in [0.05, 0.1) is 19.3 Å². The molecule has 0 radical (unpaired) electrons. The zero-order valence-corrected chi connectivity index (χ0v) is 8.35. The summed E-state index contributed by atoms with van der Waals surface area (Å²) in [4.78, 5) is 9.68. The Bertz CT molecular complexity index is 127. The van der Waals surface area contributed by atoms with E-state index in [0.717, 1.165) is 0 Å². The average Bonchev–Trinajstić information content (AvgIpc) is 2.18. The zero-order chi connectivity index (χ0) is 10.6. The summed E-state index contributed by atoms with van der Waals surface area (Å²) in [5.74, 6) is 0. The first kappa shape index (κ1) is 13.4. The van der Waals surface area contributed by atoms with Crippen molar-refractivity contribution in [2.75, 3.05) is 40.3 Å². The van der Waals surface area contributed by atoms with Crippen molar-refractivity contribution in [1.29, 1.82) is 0 Å². The quantitative estimate of drug-likeness (QED) is 0.313. The predicted molar refractivity (Wildman–Crippen MR) is 49.9 cm³/mol. The monoisotopic (exact) mass is 207 g/mol. The van der Waals surface area contributed by atoms with Gasteiger partial charge in [-0.15, -0.1) is 0 Å². The molecule has 0 aromatic carbocycles. The van der Waals surface area contributed by atoms with Crippen LogP contribution in [0, 0.1) is 4.91 Å². The van der Waals surface area contributed by atoms with Crippen molar-refractivity contribution in [3.63, 3.8) is 0 Å². The summed E-state index contributed by atoms with van der Waals surface area (Å²) >= 11 is 0. The highest BCUT2D eigenvalue weighted by atomic mass is 16.7. The molecular formula is C8H17NO5. The molecule has 0 aromatic rings. The lowest BCUT2D eigenvalue weighted by atomic mass is 10.3. The molecule has 6 heteroatoms. The van der Waals surface area contributed by atoms with Gasteiger partial charge in [0.15, 0.2) is 0 Å². The maximum absolute atomic E-state index is 9.68. The fourth-order valence-electron chi connectivity index (χ4n) is 0.850. The molecule has 14 heavy (non-hydrogen) atoms. The SMILES string of the molecule is COCC(CCO)OCOCCN=O. The number of aliphatic hydroxyl groups is 1. The van der Waals surface area contributed by atoms with Crippen LogP contribution in [-0.2, 0) is 14.2 Å². The molecule has 6 nitrogen and oxygen atoms in total. The smallest absolute Gasteiger partial charge is 0.147 e. The highest BCUT2D eigenvalue weighted by molar-refractivity contribution is 4.54. The minimum atomic E-state index is -0.172. The lowest BCUT2D eigenvalue weighted by Gasteiger charge is -2.15. The lowest BCUT2D eigenvalue weighted by molar-refractivity contribution is -0.109. The first-order chi connectivity index (χ1) is 6.85. The Morgan fingerprint density at radius 1 is 1.50 bits per heavy atom. The largest absolute Gasteiger partial charge is 0.396 e. The van der Waals surface area contributed by atoms with Crippen LogP contribution >= 0.6 is 0 Å². The first-order valence-electron chi connectivity index (χ1n) is 4.43. The van der Waals surface area contributed by atoms with E-state index in [0.29, 0.717) is 13.0 Å².